The Morgan fingerprint density at radius 1 is 1.12 bits per heavy atom. The van der Waals surface area contributed by atoms with Gasteiger partial charge in [0.1, 0.15) is 0 Å². The first kappa shape index (κ1) is 16.4. The van der Waals surface area contributed by atoms with Crippen molar-refractivity contribution in [1.29, 1.82) is 0 Å². The van der Waals surface area contributed by atoms with E-state index in [9.17, 15) is 4.79 Å². The lowest BCUT2D eigenvalue weighted by Gasteiger charge is -2.19. The number of hydrogen-bond donors (Lipinski definition) is 1. The number of benzene rings is 2. The summed E-state index contributed by atoms with van der Waals surface area (Å²) in [5.74, 6) is 1.09. The Hall–Kier alpha value is -2.49. The quantitative estimate of drug-likeness (QED) is 0.895. The molecule has 4 nitrogen and oxygen atoms in total. The zero-order valence-corrected chi connectivity index (χ0v) is 14.2. The van der Waals surface area contributed by atoms with Gasteiger partial charge < -0.3 is 14.8 Å². The second kappa shape index (κ2) is 7.39. The fraction of sp³-hybridized carbons (Fsp3) is 0.350. The number of hydrogen-bond acceptors (Lipinski definition) is 3. The average Bonchev–Trinajstić information content (AvgIpc) is 2.62. The summed E-state index contributed by atoms with van der Waals surface area (Å²) < 4.78 is 10.8. The van der Waals surface area contributed by atoms with Gasteiger partial charge in [-0.2, -0.15) is 0 Å². The predicted molar refractivity (Wildman–Crippen MR) is 95.2 cm³/mol. The maximum absolute atomic E-state index is 12.6. The third kappa shape index (κ3) is 3.37. The van der Waals surface area contributed by atoms with E-state index in [1.807, 2.05) is 19.1 Å². The standard InChI is InChI=1S/C20H23NO3/c1-3-24-19-13-15(11-12-18(19)23-2)20(22)21-17-10-6-8-14-7-4-5-9-16(14)17/h6,8,10-13H,3-5,7,9H2,1-2H3,(H,21,22). The fourth-order valence-electron chi connectivity index (χ4n) is 3.18. The van der Waals surface area contributed by atoms with Crippen molar-refractivity contribution in [3.8, 4) is 11.5 Å². The zero-order valence-electron chi connectivity index (χ0n) is 14.2. The van der Waals surface area contributed by atoms with Crippen LogP contribution in [0, 0.1) is 0 Å². The van der Waals surface area contributed by atoms with Crippen LogP contribution in [0.15, 0.2) is 36.4 Å². The highest BCUT2D eigenvalue weighted by molar-refractivity contribution is 6.05. The number of methoxy groups -OCH3 is 1. The molecule has 1 aliphatic carbocycles. The largest absolute Gasteiger partial charge is 0.493 e. The molecule has 1 aliphatic rings. The molecule has 0 fully saturated rings. The van der Waals surface area contributed by atoms with E-state index >= 15 is 0 Å². The Morgan fingerprint density at radius 2 is 1.96 bits per heavy atom. The summed E-state index contributed by atoms with van der Waals surface area (Å²) in [6.45, 7) is 2.43. The van der Waals surface area contributed by atoms with Crippen LogP contribution in [-0.2, 0) is 12.8 Å². The molecule has 0 aromatic heterocycles. The van der Waals surface area contributed by atoms with Crippen molar-refractivity contribution in [3.05, 3.63) is 53.1 Å². The normalized spacial score (nSPS) is 13.1. The molecule has 24 heavy (non-hydrogen) atoms. The third-order valence-corrected chi connectivity index (χ3v) is 4.37. The molecule has 0 saturated carbocycles. The molecule has 0 bridgehead atoms. The van der Waals surface area contributed by atoms with Crippen LogP contribution in [0.1, 0.15) is 41.3 Å². The van der Waals surface area contributed by atoms with Crippen molar-refractivity contribution in [2.45, 2.75) is 32.6 Å². The van der Waals surface area contributed by atoms with Crippen molar-refractivity contribution in [2.24, 2.45) is 0 Å². The SMILES string of the molecule is CCOc1cc(C(=O)Nc2cccc3c2CCCC3)ccc1OC. The van der Waals surface area contributed by atoms with Gasteiger partial charge in [0.2, 0.25) is 0 Å². The summed E-state index contributed by atoms with van der Waals surface area (Å²) in [6.07, 6.45) is 4.52. The molecule has 0 atom stereocenters. The monoisotopic (exact) mass is 325 g/mol. The molecule has 0 heterocycles. The molecular formula is C20H23NO3. The highest BCUT2D eigenvalue weighted by Crippen LogP contribution is 2.30. The molecule has 0 unspecified atom stereocenters. The van der Waals surface area contributed by atoms with E-state index in [1.165, 1.54) is 24.0 Å². The van der Waals surface area contributed by atoms with E-state index in [0.717, 1.165) is 18.5 Å². The van der Waals surface area contributed by atoms with Gasteiger partial charge in [0.05, 0.1) is 13.7 Å². The Kier molecular flexibility index (Phi) is 5.04. The molecule has 1 N–H and O–H groups in total. The number of carbonyl (C=O) groups is 1. The molecular weight excluding hydrogens is 302 g/mol. The maximum atomic E-state index is 12.6. The van der Waals surface area contributed by atoms with Gasteiger partial charge in [0.25, 0.3) is 5.91 Å². The minimum absolute atomic E-state index is 0.127. The summed E-state index contributed by atoms with van der Waals surface area (Å²) in [5.41, 5.74) is 4.11. The summed E-state index contributed by atoms with van der Waals surface area (Å²) in [5, 5.41) is 3.06. The van der Waals surface area contributed by atoms with Gasteiger partial charge >= 0.3 is 0 Å². The van der Waals surface area contributed by atoms with E-state index in [1.54, 1.807) is 25.3 Å². The van der Waals surface area contributed by atoms with E-state index < -0.39 is 0 Å². The molecule has 0 spiro atoms. The first-order valence-electron chi connectivity index (χ1n) is 8.46. The topological polar surface area (TPSA) is 47.6 Å². The van der Waals surface area contributed by atoms with Crippen molar-refractivity contribution in [3.63, 3.8) is 0 Å². The summed E-state index contributed by atoms with van der Waals surface area (Å²) >= 11 is 0. The van der Waals surface area contributed by atoms with Crippen molar-refractivity contribution >= 4 is 11.6 Å². The lowest BCUT2D eigenvalue weighted by molar-refractivity contribution is 0.102. The molecule has 126 valence electrons. The van der Waals surface area contributed by atoms with Crippen LogP contribution in [-0.4, -0.2) is 19.6 Å². The number of anilines is 1. The van der Waals surface area contributed by atoms with Gasteiger partial charge in [-0.05, 0) is 68.0 Å². The summed E-state index contributed by atoms with van der Waals surface area (Å²) in [4.78, 5) is 12.6. The molecule has 0 aliphatic heterocycles. The van der Waals surface area contributed by atoms with Crippen molar-refractivity contribution in [1.82, 2.24) is 0 Å². The first-order valence-corrected chi connectivity index (χ1v) is 8.46. The molecule has 2 aromatic carbocycles. The van der Waals surface area contributed by atoms with Crippen LogP contribution >= 0.6 is 0 Å². The lowest BCUT2D eigenvalue weighted by atomic mass is 9.90. The third-order valence-electron chi connectivity index (χ3n) is 4.37. The van der Waals surface area contributed by atoms with E-state index in [2.05, 4.69) is 11.4 Å². The van der Waals surface area contributed by atoms with Crippen LogP contribution in [0.25, 0.3) is 0 Å². The number of fused-ring (bicyclic) bond motifs is 1. The van der Waals surface area contributed by atoms with Gasteiger partial charge in [-0.15, -0.1) is 0 Å². The highest BCUT2D eigenvalue weighted by atomic mass is 16.5. The zero-order chi connectivity index (χ0) is 16.9. The number of nitrogens with one attached hydrogen (secondary N) is 1. The van der Waals surface area contributed by atoms with E-state index in [-0.39, 0.29) is 5.91 Å². The number of amides is 1. The average molecular weight is 325 g/mol. The summed E-state index contributed by atoms with van der Waals surface area (Å²) in [6, 6.07) is 11.4. The number of rotatable bonds is 5. The highest BCUT2D eigenvalue weighted by Gasteiger charge is 2.16. The fourth-order valence-corrected chi connectivity index (χ4v) is 3.18. The van der Waals surface area contributed by atoms with Crippen molar-refractivity contribution < 1.29 is 14.3 Å². The van der Waals surface area contributed by atoms with Crippen LogP contribution < -0.4 is 14.8 Å². The number of ether oxygens (including phenoxy) is 2. The Morgan fingerprint density at radius 3 is 2.75 bits per heavy atom. The molecule has 3 rings (SSSR count). The smallest absolute Gasteiger partial charge is 0.255 e. The Labute approximate surface area is 142 Å². The molecule has 1 amide bonds. The van der Waals surface area contributed by atoms with Gasteiger partial charge in [0.15, 0.2) is 11.5 Å². The number of aryl methyl sites for hydroxylation is 1. The minimum Gasteiger partial charge on any atom is -0.493 e. The van der Waals surface area contributed by atoms with E-state index in [4.69, 9.17) is 9.47 Å². The Bertz CT molecular complexity index is 740. The molecule has 2 aromatic rings. The second-order valence-corrected chi connectivity index (χ2v) is 5.90. The van der Waals surface area contributed by atoms with Crippen LogP contribution in [0.2, 0.25) is 0 Å². The molecule has 0 radical (unpaired) electrons. The van der Waals surface area contributed by atoms with Crippen LogP contribution in [0.5, 0.6) is 11.5 Å². The Balaban J connectivity index is 1.84. The minimum atomic E-state index is -0.127. The summed E-state index contributed by atoms with van der Waals surface area (Å²) in [7, 11) is 1.59. The van der Waals surface area contributed by atoms with E-state index in [0.29, 0.717) is 23.7 Å². The van der Waals surface area contributed by atoms with Gasteiger partial charge in [0, 0.05) is 11.3 Å². The van der Waals surface area contributed by atoms with Crippen LogP contribution in [0.4, 0.5) is 5.69 Å². The predicted octanol–water partition coefficient (Wildman–Crippen LogP) is 4.23. The lowest BCUT2D eigenvalue weighted by Crippen LogP contribution is -2.15. The maximum Gasteiger partial charge on any atom is 0.255 e. The van der Waals surface area contributed by atoms with Gasteiger partial charge in [-0.3, -0.25) is 4.79 Å². The van der Waals surface area contributed by atoms with Crippen LogP contribution in [0.3, 0.4) is 0 Å². The molecule has 4 heteroatoms. The molecule has 0 saturated heterocycles. The van der Waals surface area contributed by atoms with Gasteiger partial charge in [-0.1, -0.05) is 12.1 Å². The number of carbonyl (C=O) groups excluding carboxylic acids is 1. The van der Waals surface area contributed by atoms with Crippen molar-refractivity contribution in [2.75, 3.05) is 19.0 Å². The first-order chi connectivity index (χ1) is 11.7. The van der Waals surface area contributed by atoms with Gasteiger partial charge in [-0.25, -0.2) is 0 Å². The second-order valence-electron chi connectivity index (χ2n) is 5.90.